The molecule has 0 heterocycles. The standard InChI is InChI=1S/C60H103O11P/c1-4-7-10-13-16-19-22-25-28-31-34-37-40-43-46-49-58(62)67-53-57(71-60(64)51-48-45-42-39-36-33-30-27-24-21-18-15-12-9-6-3)55-69-72(65,66)68-54-56(52-61)70-59(63)50-47-44-41-38-35-32-29-26-23-20-17-14-11-8-5-2/h7,9-10,12,16,18-19,21,25,27-28,30,34,37,56-57,61H,4-6,8,11,13-15,17,20,22-24,26,29,31-33,35-36,38-55H2,1-3H3,(H,65,66)/b10-7-,12-9-,19-16-,21-18-,28-25-,30-27-,37-34-. The minimum absolute atomic E-state index is 0.137. The Morgan fingerprint density at radius 3 is 1.14 bits per heavy atom. The third kappa shape index (κ3) is 51.6. The van der Waals surface area contributed by atoms with Gasteiger partial charge in [-0.25, -0.2) is 4.57 Å². The molecule has 0 bridgehead atoms. The van der Waals surface area contributed by atoms with Crippen molar-refractivity contribution < 1.29 is 52.2 Å². The van der Waals surface area contributed by atoms with E-state index in [0.717, 1.165) is 109 Å². The first-order chi connectivity index (χ1) is 35.2. The molecule has 3 atom stereocenters. The number of aliphatic hydroxyl groups excluding tert-OH is 1. The lowest BCUT2D eigenvalue weighted by Gasteiger charge is -2.21. The molecular weight excluding hydrogens is 928 g/mol. The molecular formula is C60H103O11P. The van der Waals surface area contributed by atoms with Gasteiger partial charge in [-0.1, -0.05) is 215 Å². The van der Waals surface area contributed by atoms with Crippen LogP contribution in [0, 0.1) is 0 Å². The largest absolute Gasteiger partial charge is 0.472 e. The van der Waals surface area contributed by atoms with E-state index in [1.54, 1.807) is 0 Å². The summed E-state index contributed by atoms with van der Waals surface area (Å²) in [6, 6.07) is 0. The van der Waals surface area contributed by atoms with Crippen LogP contribution in [0.15, 0.2) is 85.1 Å². The van der Waals surface area contributed by atoms with Crippen LogP contribution in [0.25, 0.3) is 0 Å². The highest BCUT2D eigenvalue weighted by molar-refractivity contribution is 7.47. The molecule has 0 aromatic rings. The van der Waals surface area contributed by atoms with Crippen LogP contribution >= 0.6 is 7.82 Å². The number of allylic oxidation sites excluding steroid dienone is 14. The van der Waals surface area contributed by atoms with Crippen LogP contribution in [0.5, 0.6) is 0 Å². The zero-order valence-electron chi connectivity index (χ0n) is 45.6. The molecule has 12 heteroatoms. The SMILES string of the molecule is CC/C=C\C/C=C\C/C=C\C/C=C\CCCCC(=O)OCC(COP(=O)(O)OCC(CO)OC(=O)CCCCCCCCCCCCCCCCC)OC(=O)CCCCCCC/C=C\C/C=C\C/C=C\CC. The van der Waals surface area contributed by atoms with E-state index in [9.17, 15) is 28.9 Å². The highest BCUT2D eigenvalue weighted by Gasteiger charge is 2.28. The second-order valence-corrected chi connectivity index (χ2v) is 20.1. The summed E-state index contributed by atoms with van der Waals surface area (Å²) in [5, 5.41) is 9.81. The first-order valence-corrected chi connectivity index (χ1v) is 30.0. The van der Waals surface area contributed by atoms with E-state index in [-0.39, 0.29) is 25.9 Å². The zero-order valence-corrected chi connectivity index (χ0v) is 46.5. The lowest BCUT2D eigenvalue weighted by Crippen LogP contribution is -2.30. The highest BCUT2D eigenvalue weighted by atomic mass is 31.2. The molecule has 0 fully saturated rings. The van der Waals surface area contributed by atoms with Gasteiger partial charge in [0.1, 0.15) is 12.7 Å². The van der Waals surface area contributed by atoms with E-state index < -0.39 is 57.8 Å². The molecule has 3 unspecified atom stereocenters. The molecule has 0 saturated heterocycles. The number of rotatable bonds is 52. The molecule has 72 heavy (non-hydrogen) atoms. The van der Waals surface area contributed by atoms with Crippen molar-refractivity contribution in [3.8, 4) is 0 Å². The number of unbranched alkanes of at least 4 members (excludes halogenated alkanes) is 21. The summed E-state index contributed by atoms with van der Waals surface area (Å²) < 4.78 is 39.4. The van der Waals surface area contributed by atoms with Crippen molar-refractivity contribution in [3.05, 3.63) is 85.1 Å². The smallest absolute Gasteiger partial charge is 0.462 e. The molecule has 11 nitrogen and oxygen atoms in total. The number of ether oxygens (including phenoxy) is 3. The third-order valence-corrected chi connectivity index (χ3v) is 12.8. The van der Waals surface area contributed by atoms with E-state index in [1.165, 1.54) is 70.6 Å². The molecule has 0 radical (unpaired) electrons. The lowest BCUT2D eigenvalue weighted by molar-refractivity contribution is -0.161. The summed E-state index contributed by atoms with van der Waals surface area (Å²) in [7, 11) is -4.76. The van der Waals surface area contributed by atoms with Crippen molar-refractivity contribution in [1.29, 1.82) is 0 Å². The fourth-order valence-corrected chi connectivity index (χ4v) is 8.32. The maximum Gasteiger partial charge on any atom is 0.472 e. The van der Waals surface area contributed by atoms with Gasteiger partial charge in [0.2, 0.25) is 0 Å². The minimum atomic E-state index is -4.76. The number of carbonyl (C=O) groups is 3. The molecule has 0 aliphatic rings. The average Bonchev–Trinajstić information content (AvgIpc) is 3.37. The Kier molecular flexibility index (Phi) is 51.4. The predicted octanol–water partition coefficient (Wildman–Crippen LogP) is 16.7. The lowest BCUT2D eigenvalue weighted by atomic mass is 10.0. The van der Waals surface area contributed by atoms with Gasteiger partial charge in [-0.2, -0.15) is 0 Å². The Balaban J connectivity index is 4.78. The summed E-state index contributed by atoms with van der Waals surface area (Å²) in [5.41, 5.74) is 0. The van der Waals surface area contributed by atoms with Crippen molar-refractivity contribution in [2.75, 3.05) is 26.4 Å². The molecule has 0 rings (SSSR count). The monoisotopic (exact) mass is 1030 g/mol. The zero-order chi connectivity index (χ0) is 52.7. The topological polar surface area (TPSA) is 155 Å². The maximum absolute atomic E-state index is 12.9. The second-order valence-electron chi connectivity index (χ2n) is 18.7. The van der Waals surface area contributed by atoms with Gasteiger partial charge in [0.25, 0.3) is 0 Å². The second kappa shape index (κ2) is 53.9. The van der Waals surface area contributed by atoms with Crippen LogP contribution in [-0.4, -0.2) is 66.5 Å². The van der Waals surface area contributed by atoms with Crippen LogP contribution in [0.4, 0.5) is 0 Å². The van der Waals surface area contributed by atoms with Gasteiger partial charge in [-0.3, -0.25) is 23.4 Å². The fourth-order valence-electron chi connectivity index (χ4n) is 7.54. The number of phosphoric acid groups is 1. The molecule has 0 saturated carbocycles. The van der Waals surface area contributed by atoms with Gasteiger partial charge in [0.15, 0.2) is 6.10 Å². The molecule has 0 amide bonds. The van der Waals surface area contributed by atoms with Crippen LogP contribution in [0.1, 0.15) is 239 Å². The van der Waals surface area contributed by atoms with Crippen molar-refractivity contribution >= 4 is 25.7 Å². The van der Waals surface area contributed by atoms with E-state index in [2.05, 4.69) is 106 Å². The number of esters is 3. The number of hydrogen-bond acceptors (Lipinski definition) is 10. The van der Waals surface area contributed by atoms with E-state index in [4.69, 9.17) is 23.3 Å². The van der Waals surface area contributed by atoms with Gasteiger partial charge in [0, 0.05) is 19.3 Å². The van der Waals surface area contributed by atoms with Crippen molar-refractivity contribution in [1.82, 2.24) is 0 Å². The first kappa shape index (κ1) is 68.7. The van der Waals surface area contributed by atoms with Gasteiger partial charge in [0.05, 0.1) is 19.8 Å². The summed E-state index contributed by atoms with van der Waals surface area (Å²) in [4.78, 5) is 48.5. The molecule has 0 aromatic carbocycles. The van der Waals surface area contributed by atoms with Crippen LogP contribution in [0.2, 0.25) is 0 Å². The number of hydrogen-bond donors (Lipinski definition) is 2. The van der Waals surface area contributed by atoms with Crippen LogP contribution in [-0.2, 0) is 42.2 Å². The van der Waals surface area contributed by atoms with Crippen molar-refractivity contribution in [3.63, 3.8) is 0 Å². The van der Waals surface area contributed by atoms with Crippen molar-refractivity contribution in [2.45, 2.75) is 251 Å². The van der Waals surface area contributed by atoms with Crippen LogP contribution in [0.3, 0.4) is 0 Å². The highest BCUT2D eigenvalue weighted by Crippen LogP contribution is 2.43. The number of phosphoric ester groups is 1. The summed E-state index contributed by atoms with van der Waals surface area (Å²) >= 11 is 0. The van der Waals surface area contributed by atoms with E-state index >= 15 is 0 Å². The Bertz CT molecular complexity index is 1530. The summed E-state index contributed by atoms with van der Waals surface area (Å²) in [6.45, 7) is 4.36. The van der Waals surface area contributed by atoms with Gasteiger partial charge in [-0.15, -0.1) is 0 Å². The number of aliphatic hydroxyl groups is 1. The minimum Gasteiger partial charge on any atom is -0.462 e. The Hall–Kier alpha value is -3.34. The van der Waals surface area contributed by atoms with Gasteiger partial charge < -0.3 is 24.2 Å². The van der Waals surface area contributed by atoms with Crippen LogP contribution < -0.4 is 0 Å². The fraction of sp³-hybridized carbons (Fsp3) is 0.717. The quantitative estimate of drug-likeness (QED) is 0.0197. The molecule has 414 valence electrons. The summed E-state index contributed by atoms with van der Waals surface area (Å²) in [6.07, 6.45) is 61.2. The van der Waals surface area contributed by atoms with E-state index in [0.29, 0.717) is 19.3 Å². The van der Waals surface area contributed by atoms with Crippen molar-refractivity contribution in [2.24, 2.45) is 0 Å². The predicted molar refractivity (Wildman–Crippen MR) is 298 cm³/mol. The third-order valence-electron chi connectivity index (χ3n) is 11.8. The Labute approximate surface area is 439 Å². The van der Waals surface area contributed by atoms with Gasteiger partial charge >= 0.3 is 25.7 Å². The normalized spacial score (nSPS) is 14.0. The molecule has 0 spiro atoms. The van der Waals surface area contributed by atoms with Gasteiger partial charge in [-0.05, 0) is 89.9 Å². The molecule has 0 aromatic heterocycles. The molecule has 0 aliphatic carbocycles. The number of carbonyl (C=O) groups excluding carboxylic acids is 3. The Morgan fingerprint density at radius 2 is 0.722 bits per heavy atom. The Morgan fingerprint density at radius 1 is 0.403 bits per heavy atom. The molecule has 0 aliphatic heterocycles. The first-order valence-electron chi connectivity index (χ1n) is 28.5. The molecule has 2 N–H and O–H groups in total. The maximum atomic E-state index is 12.9. The average molecular weight is 1030 g/mol. The summed E-state index contributed by atoms with van der Waals surface area (Å²) in [5.74, 6) is -1.53. The van der Waals surface area contributed by atoms with E-state index in [1.807, 2.05) is 0 Å².